The number of hydrogen-bond donors (Lipinski definition) is 2. The van der Waals surface area contributed by atoms with Crippen LogP contribution in [0.2, 0.25) is 0 Å². The highest BCUT2D eigenvalue weighted by Gasteiger charge is 2.17. The maximum Gasteiger partial charge on any atom is 0.267 e. The molecule has 4 rings (SSSR count). The number of hydrogen-bond acceptors (Lipinski definition) is 6. The molecule has 1 amide bonds. The summed E-state index contributed by atoms with van der Waals surface area (Å²) in [6.45, 7) is 2.61. The number of nitrogens with one attached hydrogen (secondary N) is 2. The lowest BCUT2D eigenvalue weighted by Gasteiger charge is -2.13. The molecule has 0 saturated carbocycles. The maximum atomic E-state index is 13.0. The number of aryl methyl sites for hydroxylation is 1. The summed E-state index contributed by atoms with van der Waals surface area (Å²) < 4.78 is 13.6. The molecule has 0 saturated heterocycles. The second-order valence-electron chi connectivity index (χ2n) is 7.43. The second kappa shape index (κ2) is 9.15. The topological polar surface area (TPSA) is 111 Å². The molecule has 0 radical (unpaired) electrons. The standard InChI is InChI=1S/C24H25N5O4/c1-4-28-21(25)16(14-17-22(28)27-20-7-5-6-12-29(20)24(17)31)23(30)26-11-10-15-8-9-18(32-2)19(13-15)33-3/h5-9,12-14,25H,4,10-11H2,1-3H3,(H,26,30). The van der Waals surface area contributed by atoms with Gasteiger partial charge in [-0.1, -0.05) is 12.1 Å². The summed E-state index contributed by atoms with van der Waals surface area (Å²) in [7, 11) is 3.15. The van der Waals surface area contributed by atoms with Crippen molar-refractivity contribution in [3.63, 3.8) is 0 Å². The maximum absolute atomic E-state index is 13.0. The van der Waals surface area contributed by atoms with Crippen LogP contribution < -0.4 is 25.8 Å². The molecule has 3 aromatic heterocycles. The molecule has 0 fully saturated rings. The molecule has 0 aliphatic rings. The smallest absolute Gasteiger partial charge is 0.267 e. The number of aromatic nitrogens is 3. The molecule has 3 heterocycles. The first-order chi connectivity index (χ1) is 16.0. The van der Waals surface area contributed by atoms with Gasteiger partial charge in [0.15, 0.2) is 11.5 Å². The van der Waals surface area contributed by atoms with Crippen molar-refractivity contribution >= 4 is 22.6 Å². The molecule has 2 N–H and O–H groups in total. The van der Waals surface area contributed by atoms with Crippen molar-refractivity contribution in [2.45, 2.75) is 19.9 Å². The van der Waals surface area contributed by atoms with E-state index < -0.39 is 5.91 Å². The van der Waals surface area contributed by atoms with Crippen LogP contribution in [0.4, 0.5) is 0 Å². The average molecular weight is 447 g/mol. The van der Waals surface area contributed by atoms with Gasteiger partial charge in [0.1, 0.15) is 16.8 Å². The van der Waals surface area contributed by atoms with Crippen LogP contribution >= 0.6 is 0 Å². The van der Waals surface area contributed by atoms with Gasteiger partial charge in [0.05, 0.1) is 25.2 Å². The summed E-state index contributed by atoms with van der Waals surface area (Å²) >= 11 is 0. The third-order valence-electron chi connectivity index (χ3n) is 5.53. The number of fused-ring (bicyclic) bond motifs is 2. The number of carbonyl (C=O) groups is 1. The Morgan fingerprint density at radius 1 is 1.12 bits per heavy atom. The van der Waals surface area contributed by atoms with E-state index in [1.807, 2.05) is 25.1 Å². The first-order valence-corrected chi connectivity index (χ1v) is 10.6. The minimum atomic E-state index is -0.415. The van der Waals surface area contributed by atoms with Gasteiger partial charge >= 0.3 is 0 Å². The number of carbonyl (C=O) groups excluding carboxylic acids is 1. The van der Waals surface area contributed by atoms with Crippen LogP contribution in [0.1, 0.15) is 22.8 Å². The zero-order chi connectivity index (χ0) is 23.5. The minimum absolute atomic E-state index is 0.0146. The van der Waals surface area contributed by atoms with Gasteiger partial charge in [-0.3, -0.25) is 19.4 Å². The predicted molar refractivity (Wildman–Crippen MR) is 124 cm³/mol. The lowest BCUT2D eigenvalue weighted by atomic mass is 10.1. The van der Waals surface area contributed by atoms with Crippen molar-refractivity contribution < 1.29 is 14.3 Å². The van der Waals surface area contributed by atoms with Gasteiger partial charge in [-0.15, -0.1) is 0 Å². The number of ether oxygens (including phenoxy) is 2. The molecule has 0 spiro atoms. The molecule has 0 unspecified atom stereocenters. The zero-order valence-electron chi connectivity index (χ0n) is 18.7. The minimum Gasteiger partial charge on any atom is -0.493 e. The molecular formula is C24H25N5O4. The highest BCUT2D eigenvalue weighted by atomic mass is 16.5. The van der Waals surface area contributed by atoms with Crippen LogP contribution in [-0.2, 0) is 13.0 Å². The van der Waals surface area contributed by atoms with Crippen LogP contribution in [0.15, 0.2) is 53.5 Å². The Hall–Kier alpha value is -4.14. The van der Waals surface area contributed by atoms with E-state index in [2.05, 4.69) is 10.3 Å². The van der Waals surface area contributed by atoms with Crippen molar-refractivity contribution in [2.75, 3.05) is 20.8 Å². The van der Waals surface area contributed by atoms with Crippen LogP contribution in [0, 0.1) is 5.41 Å². The third kappa shape index (κ3) is 4.05. The van der Waals surface area contributed by atoms with Crippen molar-refractivity contribution in [2.24, 2.45) is 0 Å². The van der Waals surface area contributed by atoms with E-state index in [-0.39, 0.29) is 16.6 Å². The summed E-state index contributed by atoms with van der Waals surface area (Å²) in [5.41, 5.74) is 1.71. The summed E-state index contributed by atoms with van der Waals surface area (Å²) in [4.78, 5) is 30.6. The van der Waals surface area contributed by atoms with Crippen LogP contribution in [0.5, 0.6) is 11.5 Å². The largest absolute Gasteiger partial charge is 0.493 e. The van der Waals surface area contributed by atoms with E-state index in [0.29, 0.717) is 47.7 Å². The highest BCUT2D eigenvalue weighted by molar-refractivity contribution is 5.96. The van der Waals surface area contributed by atoms with Gasteiger partial charge in [-0.2, -0.15) is 0 Å². The van der Waals surface area contributed by atoms with Gasteiger partial charge in [0, 0.05) is 19.3 Å². The molecule has 0 aliphatic carbocycles. The lowest BCUT2D eigenvalue weighted by molar-refractivity contribution is 0.0951. The molecule has 0 bridgehead atoms. The Morgan fingerprint density at radius 3 is 2.64 bits per heavy atom. The summed E-state index contributed by atoms with van der Waals surface area (Å²) in [5.74, 6) is 0.840. The number of nitrogens with zero attached hydrogens (tertiary/aromatic N) is 3. The van der Waals surface area contributed by atoms with Crippen LogP contribution in [-0.4, -0.2) is 40.6 Å². The van der Waals surface area contributed by atoms with Crippen molar-refractivity contribution in [3.8, 4) is 11.5 Å². The van der Waals surface area contributed by atoms with Gasteiger partial charge < -0.3 is 19.4 Å². The van der Waals surface area contributed by atoms with Crippen molar-refractivity contribution in [1.29, 1.82) is 5.41 Å². The summed E-state index contributed by atoms with van der Waals surface area (Å²) in [6.07, 6.45) is 2.20. The van der Waals surface area contributed by atoms with E-state index in [4.69, 9.17) is 14.9 Å². The van der Waals surface area contributed by atoms with Gasteiger partial charge in [-0.25, -0.2) is 4.98 Å². The monoisotopic (exact) mass is 447 g/mol. The Labute approximate surface area is 189 Å². The fourth-order valence-corrected chi connectivity index (χ4v) is 3.82. The van der Waals surface area contributed by atoms with E-state index in [0.717, 1.165) is 5.56 Å². The molecule has 1 aromatic carbocycles. The Kier molecular flexibility index (Phi) is 6.12. The molecule has 33 heavy (non-hydrogen) atoms. The van der Waals surface area contributed by atoms with Crippen LogP contribution in [0.25, 0.3) is 16.7 Å². The first-order valence-electron chi connectivity index (χ1n) is 10.6. The van der Waals surface area contributed by atoms with E-state index in [9.17, 15) is 9.59 Å². The molecule has 0 aliphatic heterocycles. The second-order valence-corrected chi connectivity index (χ2v) is 7.43. The molecule has 9 heteroatoms. The molecule has 9 nitrogen and oxygen atoms in total. The fraction of sp³-hybridized carbons (Fsp3) is 0.250. The van der Waals surface area contributed by atoms with Gasteiger partial charge in [-0.05, 0) is 49.2 Å². The molecular weight excluding hydrogens is 422 g/mol. The SMILES string of the molecule is CCn1c(=N)c(C(=O)NCCc2ccc(OC)c(OC)c2)cc2c(=O)n3ccccc3nc21. The molecule has 0 atom stereocenters. The van der Waals surface area contributed by atoms with E-state index >= 15 is 0 Å². The average Bonchev–Trinajstić information content (AvgIpc) is 2.83. The number of methoxy groups -OCH3 is 2. The Balaban J connectivity index is 1.64. The highest BCUT2D eigenvalue weighted by Crippen LogP contribution is 2.27. The van der Waals surface area contributed by atoms with E-state index in [1.165, 1.54) is 10.5 Å². The summed E-state index contributed by atoms with van der Waals surface area (Å²) in [5, 5.41) is 11.7. The Bertz CT molecular complexity index is 1470. The third-order valence-corrected chi connectivity index (χ3v) is 5.53. The predicted octanol–water partition coefficient (Wildman–Crippen LogP) is 2.14. The van der Waals surface area contributed by atoms with Gasteiger partial charge in [0.25, 0.3) is 11.5 Å². The quantitative estimate of drug-likeness (QED) is 0.422. The normalized spacial score (nSPS) is 11.0. The van der Waals surface area contributed by atoms with E-state index in [1.54, 1.807) is 43.2 Å². The number of amides is 1. The molecule has 170 valence electrons. The summed E-state index contributed by atoms with van der Waals surface area (Å²) in [6, 6.07) is 12.3. The lowest BCUT2D eigenvalue weighted by Crippen LogP contribution is -2.35. The Morgan fingerprint density at radius 2 is 1.91 bits per heavy atom. The zero-order valence-corrected chi connectivity index (χ0v) is 18.7. The first kappa shape index (κ1) is 22.1. The van der Waals surface area contributed by atoms with Gasteiger partial charge in [0.2, 0.25) is 0 Å². The number of rotatable bonds is 7. The fourth-order valence-electron chi connectivity index (χ4n) is 3.82. The van der Waals surface area contributed by atoms with Crippen molar-refractivity contribution in [1.82, 2.24) is 19.3 Å². The number of pyridine rings is 2. The number of benzene rings is 1. The van der Waals surface area contributed by atoms with Crippen molar-refractivity contribution in [3.05, 3.63) is 75.6 Å². The van der Waals surface area contributed by atoms with Crippen LogP contribution in [0.3, 0.4) is 0 Å². The molecule has 4 aromatic rings.